The number of rotatable bonds is 4. The van der Waals surface area contributed by atoms with Crippen LogP contribution in [0.3, 0.4) is 0 Å². The highest BCUT2D eigenvalue weighted by Gasteiger charge is 2.21. The quantitative estimate of drug-likeness (QED) is 0.224. The van der Waals surface area contributed by atoms with Crippen LogP contribution in [-0.4, -0.2) is 14.4 Å². The Balaban J connectivity index is 1.26. The minimum atomic E-state index is 0.906. The predicted molar refractivity (Wildman–Crippen MR) is 174 cm³/mol. The summed E-state index contributed by atoms with van der Waals surface area (Å²) in [6.07, 6.45) is 0. The van der Waals surface area contributed by atoms with Crippen molar-refractivity contribution in [2.24, 2.45) is 0 Å². The number of anilines is 3. The molecule has 0 unspecified atom stereocenters. The summed E-state index contributed by atoms with van der Waals surface area (Å²) in [7, 11) is 0. The van der Waals surface area contributed by atoms with E-state index in [1.165, 1.54) is 21.9 Å². The fourth-order valence-corrected chi connectivity index (χ4v) is 6.40. The Kier molecular flexibility index (Phi) is 4.87. The second-order valence-electron chi connectivity index (χ2n) is 10.7. The number of aromatic nitrogens is 3. The van der Waals surface area contributed by atoms with Gasteiger partial charge in [-0.1, -0.05) is 78.9 Å². The van der Waals surface area contributed by atoms with E-state index in [1.807, 2.05) is 24.3 Å². The Labute approximate surface area is 242 Å². The van der Waals surface area contributed by atoms with E-state index in [1.54, 1.807) is 0 Å². The molecule has 0 saturated heterocycles. The van der Waals surface area contributed by atoms with E-state index >= 15 is 0 Å². The predicted octanol–water partition coefficient (Wildman–Crippen LogP) is 9.92. The topological polar surface area (TPSA) is 33.4 Å². The van der Waals surface area contributed by atoms with Gasteiger partial charge in [0.15, 0.2) is 5.65 Å². The molecule has 0 aliphatic heterocycles. The smallest absolute Gasteiger partial charge is 0.165 e. The zero-order valence-electron chi connectivity index (χ0n) is 22.6. The van der Waals surface area contributed by atoms with Crippen LogP contribution in [0, 0.1) is 0 Å². The number of hydrogen-bond donors (Lipinski definition) is 0. The molecule has 0 aliphatic carbocycles. The van der Waals surface area contributed by atoms with Gasteiger partial charge in [0.1, 0.15) is 5.52 Å². The van der Waals surface area contributed by atoms with Crippen LogP contribution in [0.2, 0.25) is 0 Å². The molecule has 196 valence electrons. The van der Waals surface area contributed by atoms with Crippen LogP contribution in [0.1, 0.15) is 0 Å². The minimum absolute atomic E-state index is 0.906. The van der Waals surface area contributed by atoms with E-state index in [4.69, 9.17) is 9.97 Å². The van der Waals surface area contributed by atoms with E-state index in [9.17, 15) is 0 Å². The van der Waals surface area contributed by atoms with Crippen molar-refractivity contribution in [1.29, 1.82) is 0 Å². The highest BCUT2D eigenvalue weighted by Crippen LogP contribution is 2.42. The van der Waals surface area contributed by atoms with Crippen molar-refractivity contribution in [2.75, 3.05) is 4.90 Å². The van der Waals surface area contributed by atoms with Crippen LogP contribution in [0.4, 0.5) is 17.1 Å². The normalized spacial score (nSPS) is 11.8. The molecule has 0 N–H and O–H groups in total. The summed E-state index contributed by atoms with van der Waals surface area (Å²) in [5, 5.41) is 3.58. The fourth-order valence-electron chi connectivity index (χ4n) is 6.40. The molecule has 3 heterocycles. The van der Waals surface area contributed by atoms with Gasteiger partial charge in [-0.25, -0.2) is 9.97 Å². The van der Waals surface area contributed by atoms with Crippen molar-refractivity contribution >= 4 is 66.5 Å². The van der Waals surface area contributed by atoms with Crippen LogP contribution >= 0.6 is 0 Å². The summed E-state index contributed by atoms with van der Waals surface area (Å²) in [5.74, 6) is 0. The fraction of sp³-hybridized carbons (Fsp3) is 0. The Hall–Kier alpha value is -5.74. The van der Waals surface area contributed by atoms with Crippen molar-refractivity contribution in [3.63, 3.8) is 0 Å². The molecule has 4 nitrogen and oxygen atoms in total. The Morgan fingerprint density at radius 2 is 1.02 bits per heavy atom. The maximum absolute atomic E-state index is 5.12. The lowest BCUT2D eigenvalue weighted by Crippen LogP contribution is -2.09. The number of para-hydroxylation sites is 5. The van der Waals surface area contributed by atoms with Gasteiger partial charge < -0.3 is 4.90 Å². The first-order valence-electron chi connectivity index (χ1n) is 14.2. The molecule has 3 aromatic heterocycles. The zero-order valence-corrected chi connectivity index (χ0v) is 22.6. The molecule has 0 aliphatic rings. The molecule has 0 amide bonds. The summed E-state index contributed by atoms with van der Waals surface area (Å²) in [4.78, 5) is 12.5. The van der Waals surface area contributed by atoms with Gasteiger partial charge in [0.2, 0.25) is 0 Å². The molecule has 0 bridgehead atoms. The van der Waals surface area contributed by atoms with Crippen molar-refractivity contribution in [3.05, 3.63) is 146 Å². The van der Waals surface area contributed by atoms with Crippen LogP contribution in [0.15, 0.2) is 146 Å². The first-order valence-corrected chi connectivity index (χ1v) is 14.2. The molecule has 0 saturated carbocycles. The number of fused-ring (bicyclic) bond motifs is 7. The van der Waals surface area contributed by atoms with E-state index in [0.717, 1.165) is 55.7 Å². The summed E-state index contributed by atoms with van der Waals surface area (Å²) >= 11 is 0. The SMILES string of the molecule is c1ccc(N(c2ccccc2)c2ccc(-c3cc4c5ccccc5n5c6nc7ccccc7nc6c(c3)c45)cc2)cc1. The monoisotopic (exact) mass is 536 g/mol. The van der Waals surface area contributed by atoms with Gasteiger partial charge in [-0.3, -0.25) is 4.40 Å². The van der Waals surface area contributed by atoms with Gasteiger partial charge in [-0.05, 0) is 77.9 Å². The molecule has 0 spiro atoms. The first-order chi connectivity index (χ1) is 20.8. The summed E-state index contributed by atoms with van der Waals surface area (Å²) in [5.41, 5.74) is 11.7. The number of nitrogens with zero attached hydrogens (tertiary/aromatic N) is 4. The van der Waals surface area contributed by atoms with Gasteiger partial charge in [0.25, 0.3) is 0 Å². The van der Waals surface area contributed by atoms with Crippen molar-refractivity contribution < 1.29 is 0 Å². The molecule has 0 atom stereocenters. The summed E-state index contributed by atoms with van der Waals surface area (Å²) in [6, 6.07) is 51.2. The van der Waals surface area contributed by atoms with Gasteiger partial charge in [0.05, 0.1) is 22.1 Å². The summed E-state index contributed by atoms with van der Waals surface area (Å²) in [6.45, 7) is 0. The second-order valence-corrected chi connectivity index (χ2v) is 10.7. The number of benzene rings is 6. The lowest BCUT2D eigenvalue weighted by atomic mass is 10.00. The zero-order chi connectivity index (χ0) is 27.6. The lowest BCUT2D eigenvalue weighted by molar-refractivity contribution is 1.28. The lowest BCUT2D eigenvalue weighted by Gasteiger charge is -2.25. The first kappa shape index (κ1) is 23.0. The highest BCUT2D eigenvalue weighted by atomic mass is 15.1. The van der Waals surface area contributed by atoms with Crippen molar-refractivity contribution in [1.82, 2.24) is 14.4 Å². The van der Waals surface area contributed by atoms with Gasteiger partial charge in [-0.15, -0.1) is 0 Å². The maximum Gasteiger partial charge on any atom is 0.165 e. The van der Waals surface area contributed by atoms with Crippen LogP contribution in [0.5, 0.6) is 0 Å². The highest BCUT2D eigenvalue weighted by molar-refractivity contribution is 6.23. The van der Waals surface area contributed by atoms with E-state index < -0.39 is 0 Å². The Bertz CT molecular complexity index is 2350. The molecule has 6 aromatic carbocycles. The molecule has 9 aromatic rings. The molecule has 0 radical (unpaired) electrons. The maximum atomic E-state index is 5.12. The van der Waals surface area contributed by atoms with E-state index in [2.05, 4.69) is 131 Å². The average molecular weight is 537 g/mol. The minimum Gasteiger partial charge on any atom is -0.311 e. The molecule has 0 fully saturated rings. The van der Waals surface area contributed by atoms with Gasteiger partial charge in [0, 0.05) is 33.2 Å². The molecule has 42 heavy (non-hydrogen) atoms. The summed E-state index contributed by atoms with van der Waals surface area (Å²) < 4.78 is 2.29. The Morgan fingerprint density at radius 3 is 1.74 bits per heavy atom. The van der Waals surface area contributed by atoms with Crippen LogP contribution in [0.25, 0.3) is 60.5 Å². The molecular formula is C38H24N4. The Morgan fingerprint density at radius 1 is 0.452 bits per heavy atom. The molecular weight excluding hydrogens is 512 g/mol. The third kappa shape index (κ3) is 3.36. The number of hydrogen-bond acceptors (Lipinski definition) is 3. The largest absolute Gasteiger partial charge is 0.311 e. The molecule has 9 rings (SSSR count). The third-order valence-electron chi connectivity index (χ3n) is 8.28. The standard InChI is InChI=1S/C38H24N4/c1-3-11-27(12-4-1)41(28-13-5-2-6-14-28)29-21-19-25(20-22-29)26-23-31-30-15-7-10-18-35(30)42-37(31)32(24-26)36-38(42)40-34-17-9-8-16-33(34)39-36/h1-24H. The van der Waals surface area contributed by atoms with Gasteiger partial charge >= 0.3 is 0 Å². The average Bonchev–Trinajstić information content (AvgIpc) is 3.56. The van der Waals surface area contributed by atoms with Crippen LogP contribution < -0.4 is 4.90 Å². The molecule has 4 heteroatoms. The van der Waals surface area contributed by atoms with Crippen molar-refractivity contribution in [3.8, 4) is 11.1 Å². The van der Waals surface area contributed by atoms with E-state index in [-0.39, 0.29) is 0 Å². The van der Waals surface area contributed by atoms with E-state index in [0.29, 0.717) is 0 Å². The van der Waals surface area contributed by atoms with Crippen LogP contribution in [-0.2, 0) is 0 Å². The van der Waals surface area contributed by atoms with Crippen molar-refractivity contribution in [2.45, 2.75) is 0 Å². The third-order valence-corrected chi connectivity index (χ3v) is 8.28. The van der Waals surface area contributed by atoms with Gasteiger partial charge in [-0.2, -0.15) is 0 Å². The second kappa shape index (κ2) is 8.88.